The lowest BCUT2D eigenvalue weighted by Gasteiger charge is -2.13. The number of carbonyl (C=O) groups is 1. The quantitative estimate of drug-likeness (QED) is 0.897. The molecule has 0 aliphatic rings. The minimum absolute atomic E-state index is 0.203. The Hall–Kier alpha value is -2.33. The Labute approximate surface area is 118 Å². The highest BCUT2D eigenvalue weighted by atomic mass is 16.5. The molecule has 0 saturated carbocycles. The van der Waals surface area contributed by atoms with Gasteiger partial charge in [-0.25, -0.2) is 0 Å². The maximum absolute atomic E-state index is 11.7. The molecule has 0 aromatic heterocycles. The number of rotatable bonds is 4. The third-order valence-electron chi connectivity index (χ3n) is 3.00. The van der Waals surface area contributed by atoms with Gasteiger partial charge in [0.1, 0.15) is 5.75 Å². The number of para-hydroxylation sites is 1. The van der Waals surface area contributed by atoms with Gasteiger partial charge in [-0.05, 0) is 30.7 Å². The van der Waals surface area contributed by atoms with E-state index in [-0.39, 0.29) is 5.91 Å². The first-order valence-corrected chi connectivity index (χ1v) is 6.41. The fourth-order valence-corrected chi connectivity index (χ4v) is 1.86. The second kappa shape index (κ2) is 6.21. The Morgan fingerprint density at radius 3 is 2.40 bits per heavy atom. The van der Waals surface area contributed by atoms with Crippen molar-refractivity contribution >= 4 is 11.6 Å². The first-order valence-electron chi connectivity index (χ1n) is 6.41. The van der Waals surface area contributed by atoms with Crippen molar-refractivity contribution in [1.29, 1.82) is 0 Å². The summed E-state index contributed by atoms with van der Waals surface area (Å²) in [6.07, 6.45) is 0. The molecule has 0 aliphatic heterocycles. The van der Waals surface area contributed by atoms with Gasteiger partial charge in [0.15, 0.2) is 0 Å². The second-order valence-electron chi connectivity index (χ2n) is 4.55. The van der Waals surface area contributed by atoms with E-state index >= 15 is 0 Å². The number of nitrogens with one attached hydrogen (secondary N) is 1. The van der Waals surface area contributed by atoms with Gasteiger partial charge in [-0.2, -0.15) is 0 Å². The van der Waals surface area contributed by atoms with E-state index in [1.807, 2.05) is 48.5 Å². The van der Waals surface area contributed by atoms with E-state index in [0.29, 0.717) is 0 Å². The maximum Gasteiger partial charge on any atom is 0.241 e. The molecule has 0 fully saturated rings. The number of methoxy groups -OCH3 is 1. The highest BCUT2D eigenvalue weighted by Gasteiger charge is 2.11. The van der Waals surface area contributed by atoms with E-state index < -0.39 is 6.04 Å². The van der Waals surface area contributed by atoms with Gasteiger partial charge in [0, 0.05) is 11.3 Å². The Morgan fingerprint density at radius 2 is 1.80 bits per heavy atom. The van der Waals surface area contributed by atoms with Crippen LogP contribution in [0.15, 0.2) is 48.5 Å². The Morgan fingerprint density at radius 1 is 1.15 bits per heavy atom. The largest absolute Gasteiger partial charge is 0.497 e. The van der Waals surface area contributed by atoms with Crippen molar-refractivity contribution in [3.63, 3.8) is 0 Å². The van der Waals surface area contributed by atoms with E-state index in [1.165, 1.54) is 0 Å². The third kappa shape index (κ3) is 3.16. The van der Waals surface area contributed by atoms with Crippen LogP contribution in [0.1, 0.15) is 6.92 Å². The predicted octanol–water partition coefficient (Wildman–Crippen LogP) is 2.65. The number of anilines is 1. The van der Waals surface area contributed by atoms with Crippen LogP contribution in [0.3, 0.4) is 0 Å². The summed E-state index contributed by atoms with van der Waals surface area (Å²) >= 11 is 0. The average Bonchev–Trinajstić information content (AvgIpc) is 2.48. The maximum atomic E-state index is 11.7. The molecule has 1 amide bonds. The molecule has 0 bridgehead atoms. The molecule has 4 nitrogen and oxygen atoms in total. The smallest absolute Gasteiger partial charge is 0.241 e. The molecule has 104 valence electrons. The van der Waals surface area contributed by atoms with Gasteiger partial charge in [0.2, 0.25) is 5.91 Å². The van der Waals surface area contributed by atoms with Gasteiger partial charge in [-0.1, -0.05) is 30.3 Å². The van der Waals surface area contributed by atoms with Gasteiger partial charge in [-0.3, -0.25) is 4.79 Å². The number of carbonyl (C=O) groups excluding carboxylic acids is 1. The van der Waals surface area contributed by atoms with Gasteiger partial charge in [0.25, 0.3) is 0 Å². The molecule has 1 atom stereocenters. The summed E-state index contributed by atoms with van der Waals surface area (Å²) in [7, 11) is 1.63. The summed E-state index contributed by atoms with van der Waals surface area (Å²) in [6, 6.07) is 14.8. The second-order valence-corrected chi connectivity index (χ2v) is 4.55. The standard InChI is InChI=1S/C16H18N2O2/c1-11(17)16(19)18-15-6-4-3-5-14(15)12-7-9-13(20-2)10-8-12/h3-11H,17H2,1-2H3,(H,18,19). The number of hydrogen-bond donors (Lipinski definition) is 2. The Bertz CT molecular complexity index is 592. The van der Waals surface area contributed by atoms with Gasteiger partial charge < -0.3 is 15.8 Å². The number of nitrogens with two attached hydrogens (primary N) is 1. The van der Waals surface area contributed by atoms with Crippen molar-refractivity contribution in [3.05, 3.63) is 48.5 Å². The third-order valence-corrected chi connectivity index (χ3v) is 3.00. The average molecular weight is 270 g/mol. The lowest BCUT2D eigenvalue weighted by atomic mass is 10.0. The van der Waals surface area contributed by atoms with Crippen LogP contribution in [0, 0.1) is 0 Å². The molecule has 0 radical (unpaired) electrons. The summed E-state index contributed by atoms with van der Waals surface area (Å²) in [5.74, 6) is 0.594. The fourth-order valence-electron chi connectivity index (χ4n) is 1.86. The molecule has 0 heterocycles. The van der Waals surface area contributed by atoms with Crippen LogP contribution >= 0.6 is 0 Å². The summed E-state index contributed by atoms with van der Waals surface area (Å²) in [4.78, 5) is 11.7. The molecule has 0 aliphatic carbocycles. The van der Waals surface area contributed by atoms with Crippen molar-refractivity contribution in [2.45, 2.75) is 13.0 Å². The Balaban J connectivity index is 2.33. The molecule has 2 aromatic rings. The van der Waals surface area contributed by atoms with Crippen molar-refractivity contribution in [2.75, 3.05) is 12.4 Å². The highest BCUT2D eigenvalue weighted by Crippen LogP contribution is 2.29. The van der Waals surface area contributed by atoms with Crippen molar-refractivity contribution < 1.29 is 9.53 Å². The van der Waals surface area contributed by atoms with Crippen LogP contribution in [0.4, 0.5) is 5.69 Å². The lowest BCUT2D eigenvalue weighted by molar-refractivity contribution is -0.117. The van der Waals surface area contributed by atoms with E-state index in [2.05, 4.69) is 5.32 Å². The first-order chi connectivity index (χ1) is 9.61. The van der Waals surface area contributed by atoms with Crippen molar-refractivity contribution in [3.8, 4) is 16.9 Å². The molecule has 4 heteroatoms. The molecule has 2 rings (SSSR count). The van der Waals surface area contributed by atoms with Gasteiger partial charge in [-0.15, -0.1) is 0 Å². The summed E-state index contributed by atoms with van der Waals surface area (Å²) in [6.45, 7) is 1.66. The highest BCUT2D eigenvalue weighted by molar-refractivity contribution is 5.98. The number of amides is 1. The summed E-state index contributed by atoms with van der Waals surface area (Å²) in [5.41, 5.74) is 8.29. The minimum atomic E-state index is -0.543. The molecular formula is C16H18N2O2. The van der Waals surface area contributed by atoms with E-state index in [4.69, 9.17) is 10.5 Å². The topological polar surface area (TPSA) is 64.3 Å². The molecule has 2 aromatic carbocycles. The predicted molar refractivity (Wildman–Crippen MR) is 80.7 cm³/mol. The van der Waals surface area contributed by atoms with Crippen LogP contribution in [-0.4, -0.2) is 19.1 Å². The molecule has 20 heavy (non-hydrogen) atoms. The Kier molecular flexibility index (Phi) is 4.38. The van der Waals surface area contributed by atoms with E-state index in [1.54, 1.807) is 14.0 Å². The molecular weight excluding hydrogens is 252 g/mol. The molecule has 0 spiro atoms. The van der Waals surface area contributed by atoms with Crippen LogP contribution in [0.25, 0.3) is 11.1 Å². The number of benzene rings is 2. The SMILES string of the molecule is COc1ccc(-c2ccccc2NC(=O)C(C)N)cc1. The van der Waals surface area contributed by atoms with E-state index in [9.17, 15) is 4.79 Å². The van der Waals surface area contributed by atoms with Gasteiger partial charge >= 0.3 is 0 Å². The summed E-state index contributed by atoms with van der Waals surface area (Å²) in [5, 5.41) is 2.84. The zero-order valence-corrected chi connectivity index (χ0v) is 11.6. The normalized spacial score (nSPS) is 11.8. The monoisotopic (exact) mass is 270 g/mol. The number of ether oxygens (including phenoxy) is 1. The van der Waals surface area contributed by atoms with Crippen LogP contribution < -0.4 is 15.8 Å². The van der Waals surface area contributed by atoms with Crippen molar-refractivity contribution in [1.82, 2.24) is 0 Å². The van der Waals surface area contributed by atoms with Gasteiger partial charge in [0.05, 0.1) is 13.2 Å². The van der Waals surface area contributed by atoms with E-state index in [0.717, 1.165) is 22.6 Å². The molecule has 1 unspecified atom stereocenters. The lowest BCUT2D eigenvalue weighted by Crippen LogP contribution is -2.32. The minimum Gasteiger partial charge on any atom is -0.497 e. The van der Waals surface area contributed by atoms with Crippen LogP contribution in [0.2, 0.25) is 0 Å². The number of hydrogen-bond acceptors (Lipinski definition) is 3. The van der Waals surface area contributed by atoms with Crippen molar-refractivity contribution in [2.24, 2.45) is 5.73 Å². The van der Waals surface area contributed by atoms with Crippen LogP contribution in [-0.2, 0) is 4.79 Å². The first kappa shape index (κ1) is 14.1. The fraction of sp³-hybridized carbons (Fsp3) is 0.188. The molecule has 0 saturated heterocycles. The summed E-state index contributed by atoms with van der Waals surface area (Å²) < 4.78 is 5.15. The molecule has 3 N–H and O–H groups in total. The van der Waals surface area contributed by atoms with Crippen LogP contribution in [0.5, 0.6) is 5.75 Å². The zero-order valence-electron chi connectivity index (χ0n) is 11.6. The zero-order chi connectivity index (χ0) is 14.5.